The normalized spacial score (nSPS) is 18.1. The van der Waals surface area contributed by atoms with Crippen LogP contribution in [-0.4, -0.2) is 31.1 Å². The molecule has 2 nitrogen and oxygen atoms in total. The van der Waals surface area contributed by atoms with Gasteiger partial charge < -0.3 is 5.32 Å². The molecule has 0 amide bonds. The summed E-state index contributed by atoms with van der Waals surface area (Å²) < 4.78 is 14.5. The van der Waals surface area contributed by atoms with Gasteiger partial charge in [-0.3, -0.25) is 4.90 Å². The van der Waals surface area contributed by atoms with E-state index in [-0.39, 0.29) is 11.9 Å². The van der Waals surface area contributed by atoms with Gasteiger partial charge in [-0.2, -0.15) is 11.3 Å². The Labute approximate surface area is 130 Å². The fourth-order valence-electron chi connectivity index (χ4n) is 2.72. The van der Waals surface area contributed by atoms with Crippen LogP contribution < -0.4 is 5.32 Å². The van der Waals surface area contributed by atoms with E-state index in [9.17, 15) is 4.39 Å². The van der Waals surface area contributed by atoms with Crippen molar-refractivity contribution in [2.24, 2.45) is 0 Å². The molecular weight excluding hydrogens is 339 g/mol. The molecular formula is C15H16BrFN2S. The number of rotatable bonds is 3. The molecule has 0 aliphatic carbocycles. The number of thiophene rings is 1. The fraction of sp³-hybridized carbons (Fsp3) is 0.333. The molecule has 1 saturated heterocycles. The summed E-state index contributed by atoms with van der Waals surface area (Å²) >= 11 is 5.09. The molecule has 1 fully saturated rings. The Hall–Kier alpha value is -0.750. The van der Waals surface area contributed by atoms with Crippen LogP contribution in [0.2, 0.25) is 0 Å². The van der Waals surface area contributed by atoms with Crippen LogP contribution in [0.25, 0.3) is 0 Å². The second kappa shape index (κ2) is 6.35. The zero-order chi connectivity index (χ0) is 13.9. The Bertz CT molecular complexity index is 547. The van der Waals surface area contributed by atoms with Crippen molar-refractivity contribution in [3.8, 4) is 0 Å². The van der Waals surface area contributed by atoms with E-state index in [1.165, 1.54) is 11.6 Å². The van der Waals surface area contributed by atoms with Gasteiger partial charge in [0.05, 0.1) is 6.04 Å². The van der Waals surface area contributed by atoms with E-state index < -0.39 is 0 Å². The molecule has 1 N–H and O–H groups in total. The quantitative estimate of drug-likeness (QED) is 0.904. The van der Waals surface area contributed by atoms with E-state index in [2.05, 4.69) is 43.0 Å². The topological polar surface area (TPSA) is 15.3 Å². The van der Waals surface area contributed by atoms with Crippen molar-refractivity contribution >= 4 is 27.3 Å². The summed E-state index contributed by atoms with van der Waals surface area (Å²) in [6.07, 6.45) is 0. The molecule has 1 aliphatic rings. The fourth-order valence-corrected chi connectivity index (χ4v) is 3.88. The smallest absolute Gasteiger partial charge is 0.124 e. The molecule has 3 rings (SSSR count). The van der Waals surface area contributed by atoms with E-state index in [0.29, 0.717) is 0 Å². The highest BCUT2D eigenvalue weighted by Gasteiger charge is 2.24. The lowest BCUT2D eigenvalue weighted by atomic mass is 9.99. The van der Waals surface area contributed by atoms with Gasteiger partial charge in [-0.1, -0.05) is 15.9 Å². The Morgan fingerprint density at radius 1 is 1.20 bits per heavy atom. The minimum Gasteiger partial charge on any atom is -0.314 e. The Morgan fingerprint density at radius 3 is 2.65 bits per heavy atom. The standard InChI is InChI=1S/C15H16BrFN2S/c16-13-7-12(8-14(17)9-13)15(11-1-6-20-10-11)19-4-2-18-3-5-19/h1,6-10,15,18H,2-5H2/t15-/m1/s1. The van der Waals surface area contributed by atoms with Gasteiger partial charge in [-0.15, -0.1) is 0 Å². The largest absolute Gasteiger partial charge is 0.314 e. The number of nitrogens with zero attached hydrogens (tertiary/aromatic N) is 1. The molecule has 1 aliphatic heterocycles. The van der Waals surface area contributed by atoms with Crippen molar-refractivity contribution < 1.29 is 4.39 Å². The van der Waals surface area contributed by atoms with Gasteiger partial charge in [0.25, 0.3) is 0 Å². The maximum Gasteiger partial charge on any atom is 0.124 e. The molecule has 0 unspecified atom stereocenters. The van der Waals surface area contributed by atoms with Crippen LogP contribution in [-0.2, 0) is 0 Å². The maximum absolute atomic E-state index is 13.7. The first-order chi connectivity index (χ1) is 9.74. The summed E-state index contributed by atoms with van der Waals surface area (Å²) in [6, 6.07) is 7.44. The minimum atomic E-state index is -0.190. The van der Waals surface area contributed by atoms with Crippen molar-refractivity contribution in [2.45, 2.75) is 6.04 Å². The van der Waals surface area contributed by atoms with Crippen molar-refractivity contribution in [1.82, 2.24) is 10.2 Å². The van der Waals surface area contributed by atoms with Gasteiger partial charge >= 0.3 is 0 Å². The highest BCUT2D eigenvalue weighted by atomic mass is 79.9. The molecule has 0 spiro atoms. The Balaban J connectivity index is 2.00. The number of hydrogen-bond donors (Lipinski definition) is 1. The molecule has 0 radical (unpaired) electrons. The molecule has 106 valence electrons. The second-order valence-electron chi connectivity index (χ2n) is 4.95. The van der Waals surface area contributed by atoms with Gasteiger partial charge in [0.15, 0.2) is 0 Å². The van der Waals surface area contributed by atoms with Crippen LogP contribution in [0.15, 0.2) is 39.5 Å². The highest BCUT2D eigenvalue weighted by molar-refractivity contribution is 9.10. The minimum absolute atomic E-state index is 0.135. The van der Waals surface area contributed by atoms with Crippen LogP contribution in [0, 0.1) is 5.82 Å². The molecule has 5 heteroatoms. The van der Waals surface area contributed by atoms with E-state index in [4.69, 9.17) is 0 Å². The summed E-state index contributed by atoms with van der Waals surface area (Å²) in [5.74, 6) is -0.190. The Kier molecular flexibility index (Phi) is 4.51. The first-order valence-corrected chi connectivity index (χ1v) is 8.40. The van der Waals surface area contributed by atoms with Crippen LogP contribution >= 0.6 is 27.3 Å². The summed E-state index contributed by atoms with van der Waals surface area (Å²) in [7, 11) is 0. The molecule has 2 aromatic rings. The van der Waals surface area contributed by atoms with Crippen LogP contribution in [0.5, 0.6) is 0 Å². The van der Waals surface area contributed by atoms with E-state index in [1.807, 2.05) is 6.07 Å². The molecule has 1 aromatic carbocycles. The van der Waals surface area contributed by atoms with Crippen molar-refractivity contribution in [2.75, 3.05) is 26.2 Å². The van der Waals surface area contributed by atoms with E-state index >= 15 is 0 Å². The van der Waals surface area contributed by atoms with Gasteiger partial charge in [0, 0.05) is 30.7 Å². The summed E-state index contributed by atoms with van der Waals surface area (Å²) in [4.78, 5) is 2.42. The number of piperazine rings is 1. The van der Waals surface area contributed by atoms with E-state index in [0.717, 1.165) is 36.2 Å². The number of halogens is 2. The maximum atomic E-state index is 13.7. The zero-order valence-corrected chi connectivity index (χ0v) is 13.4. The first-order valence-electron chi connectivity index (χ1n) is 6.67. The third-order valence-corrected chi connectivity index (χ3v) is 4.74. The average molecular weight is 355 g/mol. The predicted octanol–water partition coefficient (Wildman–Crippen LogP) is 3.64. The third-order valence-electron chi connectivity index (χ3n) is 3.58. The zero-order valence-electron chi connectivity index (χ0n) is 11.0. The number of hydrogen-bond acceptors (Lipinski definition) is 3. The molecule has 0 bridgehead atoms. The molecule has 20 heavy (non-hydrogen) atoms. The summed E-state index contributed by atoms with van der Waals surface area (Å²) in [5.41, 5.74) is 2.26. The lowest BCUT2D eigenvalue weighted by Gasteiger charge is -2.35. The van der Waals surface area contributed by atoms with Crippen LogP contribution in [0.4, 0.5) is 4.39 Å². The first kappa shape index (κ1) is 14.2. The average Bonchev–Trinajstić information content (AvgIpc) is 2.93. The Morgan fingerprint density at radius 2 is 2.00 bits per heavy atom. The predicted molar refractivity (Wildman–Crippen MR) is 84.7 cm³/mol. The van der Waals surface area contributed by atoms with Gasteiger partial charge in [-0.05, 0) is 46.2 Å². The highest BCUT2D eigenvalue weighted by Crippen LogP contribution is 2.32. The van der Waals surface area contributed by atoms with Crippen LogP contribution in [0.3, 0.4) is 0 Å². The van der Waals surface area contributed by atoms with Gasteiger partial charge in [0.1, 0.15) is 5.82 Å². The van der Waals surface area contributed by atoms with Crippen molar-refractivity contribution in [3.63, 3.8) is 0 Å². The van der Waals surface area contributed by atoms with Crippen molar-refractivity contribution in [1.29, 1.82) is 0 Å². The number of nitrogens with one attached hydrogen (secondary N) is 1. The van der Waals surface area contributed by atoms with E-state index in [1.54, 1.807) is 17.4 Å². The molecule has 2 heterocycles. The molecule has 0 saturated carbocycles. The van der Waals surface area contributed by atoms with Crippen LogP contribution in [0.1, 0.15) is 17.2 Å². The summed E-state index contributed by atoms with van der Waals surface area (Å²) in [5, 5.41) is 7.61. The van der Waals surface area contributed by atoms with Gasteiger partial charge in [0.2, 0.25) is 0 Å². The monoisotopic (exact) mass is 354 g/mol. The SMILES string of the molecule is Fc1cc(Br)cc([C@@H](c2ccsc2)N2CCNCC2)c1. The molecule has 1 aromatic heterocycles. The van der Waals surface area contributed by atoms with Crippen molar-refractivity contribution in [3.05, 3.63) is 56.4 Å². The third kappa shape index (κ3) is 3.11. The summed E-state index contributed by atoms with van der Waals surface area (Å²) in [6.45, 7) is 3.93. The lowest BCUT2D eigenvalue weighted by Crippen LogP contribution is -2.45. The molecule has 1 atom stereocenters. The van der Waals surface area contributed by atoms with Gasteiger partial charge in [-0.25, -0.2) is 4.39 Å². The lowest BCUT2D eigenvalue weighted by molar-refractivity contribution is 0.198. The second-order valence-corrected chi connectivity index (χ2v) is 6.64. The number of benzene rings is 1.